The number of benzene rings is 5. The minimum absolute atomic E-state index is 0.0243. The van der Waals surface area contributed by atoms with Gasteiger partial charge in [0.25, 0.3) is 0 Å². The summed E-state index contributed by atoms with van der Waals surface area (Å²) >= 11 is 0. The molecule has 1 unspecified atom stereocenters. The van der Waals surface area contributed by atoms with Gasteiger partial charge in [0, 0.05) is 12.8 Å². The topological polar surface area (TPSA) is 105 Å². The molecule has 1 heterocycles. The van der Waals surface area contributed by atoms with Crippen LogP contribution in [0.1, 0.15) is 39.4 Å². The molecule has 1 amide bonds. The van der Waals surface area contributed by atoms with Crippen molar-refractivity contribution < 1.29 is 37.4 Å². The van der Waals surface area contributed by atoms with Gasteiger partial charge in [-0.1, -0.05) is 103 Å². The first kappa shape index (κ1) is 35.1. The highest BCUT2D eigenvalue weighted by Crippen LogP contribution is 2.32. The molecule has 260 valence electrons. The summed E-state index contributed by atoms with van der Waals surface area (Å²) in [5.41, 5.74) is 4.51. The summed E-state index contributed by atoms with van der Waals surface area (Å²) in [6.07, 6.45) is -3.98. The summed E-state index contributed by atoms with van der Waals surface area (Å²) in [6.45, 7) is -0.0243. The molecule has 0 radical (unpaired) electrons. The summed E-state index contributed by atoms with van der Waals surface area (Å²) in [4.78, 5) is 39.8. The standard InChI is InChI=1S/C41H35F3N2O5/c42-41(43,44)32-18-13-28(14-19-32)25-51-33-20-17-31-23-35(37(47)22-26-7-3-1-4-8-26)45-38(34(31)24-33)39(48)46-36(40(49)50)21-27-11-15-30(16-12-27)29-9-5-2-6-10-29/h1-20,24,35-36,38,45H,21-23,25H2,(H,46,48)(H,49,50)/t35-,36-,38?/m0/s1. The Labute approximate surface area is 293 Å². The van der Waals surface area contributed by atoms with Crippen molar-refractivity contribution in [1.29, 1.82) is 0 Å². The smallest absolute Gasteiger partial charge is 0.416 e. The monoisotopic (exact) mass is 692 g/mol. The molecule has 1 aliphatic rings. The minimum Gasteiger partial charge on any atom is -0.489 e. The van der Waals surface area contributed by atoms with Gasteiger partial charge in [0.1, 0.15) is 24.4 Å². The van der Waals surface area contributed by atoms with E-state index >= 15 is 0 Å². The van der Waals surface area contributed by atoms with Gasteiger partial charge in [-0.3, -0.25) is 14.9 Å². The largest absolute Gasteiger partial charge is 0.489 e. The Hall–Kier alpha value is -5.74. The van der Waals surface area contributed by atoms with Crippen LogP contribution in [0.3, 0.4) is 0 Å². The lowest BCUT2D eigenvalue weighted by molar-refractivity contribution is -0.142. The predicted octanol–water partition coefficient (Wildman–Crippen LogP) is 7.13. The second-order valence-corrected chi connectivity index (χ2v) is 12.5. The number of amides is 1. The van der Waals surface area contributed by atoms with E-state index < -0.39 is 41.7 Å². The van der Waals surface area contributed by atoms with Gasteiger partial charge in [-0.2, -0.15) is 13.2 Å². The van der Waals surface area contributed by atoms with Crippen LogP contribution in [-0.2, 0) is 46.4 Å². The Morgan fingerprint density at radius 3 is 2.06 bits per heavy atom. The van der Waals surface area contributed by atoms with E-state index in [1.165, 1.54) is 12.1 Å². The molecule has 0 fully saturated rings. The van der Waals surface area contributed by atoms with Crippen molar-refractivity contribution in [2.24, 2.45) is 0 Å². The summed E-state index contributed by atoms with van der Waals surface area (Å²) in [6, 6.07) is 33.1. The number of rotatable bonds is 12. The van der Waals surface area contributed by atoms with E-state index in [9.17, 15) is 32.7 Å². The molecule has 0 aliphatic carbocycles. The average molecular weight is 693 g/mol. The van der Waals surface area contributed by atoms with Gasteiger partial charge in [-0.25, -0.2) is 4.79 Å². The average Bonchev–Trinajstić information content (AvgIpc) is 3.14. The molecule has 3 atom stereocenters. The lowest BCUT2D eigenvalue weighted by Gasteiger charge is -2.33. The van der Waals surface area contributed by atoms with Gasteiger partial charge in [-0.05, 0) is 69.6 Å². The fourth-order valence-corrected chi connectivity index (χ4v) is 6.14. The number of Topliss-reactive ketones (excluding diaryl/α,β-unsaturated/α-hetero) is 1. The highest BCUT2D eigenvalue weighted by atomic mass is 19.4. The Morgan fingerprint density at radius 2 is 1.41 bits per heavy atom. The second kappa shape index (κ2) is 15.4. The van der Waals surface area contributed by atoms with Crippen LogP contribution in [0.25, 0.3) is 11.1 Å². The number of carboxylic acid groups (broad SMARTS) is 1. The lowest BCUT2D eigenvalue weighted by Crippen LogP contribution is -2.53. The fourth-order valence-electron chi connectivity index (χ4n) is 6.14. The van der Waals surface area contributed by atoms with Crippen LogP contribution in [0.4, 0.5) is 13.2 Å². The first-order valence-electron chi connectivity index (χ1n) is 16.5. The van der Waals surface area contributed by atoms with Crippen LogP contribution in [0.2, 0.25) is 0 Å². The molecule has 0 saturated carbocycles. The van der Waals surface area contributed by atoms with Crippen LogP contribution < -0.4 is 15.4 Å². The van der Waals surface area contributed by atoms with Crippen LogP contribution >= 0.6 is 0 Å². The molecule has 7 nitrogen and oxygen atoms in total. The SMILES string of the molecule is O=C(N[C@@H](Cc1ccc(-c2ccccc2)cc1)C(=O)O)C1N[C@H](C(=O)Cc2ccccc2)Cc2ccc(OCc3ccc(C(F)(F)F)cc3)cc21. The van der Waals surface area contributed by atoms with Crippen molar-refractivity contribution in [1.82, 2.24) is 10.6 Å². The van der Waals surface area contributed by atoms with Crippen LogP contribution in [0, 0.1) is 0 Å². The molecule has 10 heteroatoms. The van der Waals surface area contributed by atoms with Gasteiger partial charge in [0.2, 0.25) is 5.91 Å². The molecule has 0 saturated heterocycles. The maximum atomic E-state index is 14.0. The van der Waals surface area contributed by atoms with Gasteiger partial charge in [0.05, 0.1) is 11.6 Å². The molecule has 51 heavy (non-hydrogen) atoms. The van der Waals surface area contributed by atoms with Gasteiger partial charge in [0.15, 0.2) is 5.78 Å². The number of carbonyl (C=O) groups excluding carboxylic acids is 2. The number of nitrogens with one attached hydrogen (secondary N) is 2. The third kappa shape index (κ3) is 8.90. The van der Waals surface area contributed by atoms with Gasteiger partial charge < -0.3 is 15.2 Å². The highest BCUT2D eigenvalue weighted by molar-refractivity contribution is 5.92. The highest BCUT2D eigenvalue weighted by Gasteiger charge is 2.36. The van der Waals surface area contributed by atoms with Gasteiger partial charge >= 0.3 is 12.1 Å². The molecule has 3 N–H and O–H groups in total. The predicted molar refractivity (Wildman–Crippen MR) is 186 cm³/mol. The van der Waals surface area contributed by atoms with Crippen LogP contribution in [0.15, 0.2) is 127 Å². The number of halogens is 3. The Kier molecular flexibility index (Phi) is 10.6. The molecule has 6 rings (SSSR count). The van der Waals surface area contributed by atoms with Crippen molar-refractivity contribution >= 4 is 17.7 Å². The zero-order valence-electron chi connectivity index (χ0n) is 27.4. The van der Waals surface area contributed by atoms with E-state index in [1.54, 1.807) is 18.2 Å². The first-order chi connectivity index (χ1) is 24.5. The number of aliphatic carboxylic acids is 1. The first-order valence-corrected chi connectivity index (χ1v) is 16.5. The maximum Gasteiger partial charge on any atom is 0.416 e. The quantitative estimate of drug-likeness (QED) is 0.129. The van der Waals surface area contributed by atoms with Crippen molar-refractivity contribution in [2.75, 3.05) is 0 Å². The maximum absolute atomic E-state index is 14.0. The molecule has 5 aromatic carbocycles. The Balaban J connectivity index is 1.21. The number of carboxylic acids is 1. The molecular weight excluding hydrogens is 657 g/mol. The lowest BCUT2D eigenvalue weighted by atomic mass is 9.86. The Bertz CT molecular complexity index is 1980. The number of ether oxygens (including phenoxy) is 1. The van der Waals surface area contributed by atoms with Crippen LogP contribution in [-0.4, -0.2) is 34.8 Å². The Morgan fingerprint density at radius 1 is 0.784 bits per heavy atom. The zero-order chi connectivity index (χ0) is 36.0. The van der Waals surface area contributed by atoms with Crippen LogP contribution in [0.5, 0.6) is 5.75 Å². The number of ketones is 1. The van der Waals surface area contributed by atoms with E-state index in [-0.39, 0.29) is 25.2 Å². The third-order valence-corrected chi connectivity index (χ3v) is 8.89. The van der Waals surface area contributed by atoms with Crippen molar-refractivity contribution in [3.05, 3.63) is 161 Å². The van der Waals surface area contributed by atoms with Crippen molar-refractivity contribution in [2.45, 2.75) is 50.2 Å². The number of alkyl halides is 3. The summed E-state index contributed by atoms with van der Waals surface area (Å²) in [5, 5.41) is 16.0. The van der Waals surface area contributed by atoms with Crippen molar-refractivity contribution in [3.8, 4) is 16.9 Å². The number of hydrogen-bond acceptors (Lipinski definition) is 5. The molecule has 5 aromatic rings. The molecule has 0 aromatic heterocycles. The van der Waals surface area contributed by atoms with Crippen molar-refractivity contribution in [3.63, 3.8) is 0 Å². The molecular formula is C41H35F3N2O5. The number of hydrogen-bond donors (Lipinski definition) is 3. The summed E-state index contributed by atoms with van der Waals surface area (Å²) in [5.74, 6) is -1.60. The molecule has 1 aliphatic heterocycles. The van der Waals surface area contributed by atoms with E-state index in [0.29, 0.717) is 34.4 Å². The summed E-state index contributed by atoms with van der Waals surface area (Å²) in [7, 11) is 0. The fraction of sp³-hybridized carbons (Fsp3) is 0.195. The number of fused-ring (bicyclic) bond motifs is 1. The van der Waals surface area contributed by atoms with E-state index in [4.69, 9.17) is 4.74 Å². The summed E-state index contributed by atoms with van der Waals surface area (Å²) < 4.78 is 44.9. The minimum atomic E-state index is -4.45. The third-order valence-electron chi connectivity index (χ3n) is 8.89. The van der Waals surface area contributed by atoms with E-state index in [2.05, 4.69) is 10.6 Å². The molecule has 0 spiro atoms. The normalized spacial score (nSPS) is 16.1. The van der Waals surface area contributed by atoms with Gasteiger partial charge in [-0.15, -0.1) is 0 Å². The molecule has 0 bridgehead atoms. The number of carbonyl (C=O) groups is 3. The second-order valence-electron chi connectivity index (χ2n) is 12.5. The van der Waals surface area contributed by atoms with E-state index in [1.807, 2.05) is 84.9 Å². The zero-order valence-corrected chi connectivity index (χ0v) is 27.4. The van der Waals surface area contributed by atoms with E-state index in [0.717, 1.165) is 28.8 Å².